The summed E-state index contributed by atoms with van der Waals surface area (Å²) >= 11 is 0. The van der Waals surface area contributed by atoms with Crippen molar-refractivity contribution in [2.24, 2.45) is 0 Å². The van der Waals surface area contributed by atoms with E-state index in [9.17, 15) is 0 Å². The third-order valence-electron chi connectivity index (χ3n) is 4.35. The van der Waals surface area contributed by atoms with Crippen LogP contribution in [0.5, 0.6) is 0 Å². The maximum atomic E-state index is 4.26. The SMILES string of the molecule is Cc1ncc(-c2ccc(C(C)N3CCCCC3)cc2)[nH]1. The molecule has 1 N–H and O–H groups in total. The smallest absolute Gasteiger partial charge is 0.103 e. The average molecular weight is 269 g/mol. The Labute approximate surface area is 121 Å². The number of nitrogens with zero attached hydrogens (tertiary/aromatic N) is 2. The number of benzene rings is 1. The van der Waals surface area contributed by atoms with Gasteiger partial charge in [0.2, 0.25) is 0 Å². The molecule has 3 heteroatoms. The first-order chi connectivity index (χ1) is 9.74. The minimum atomic E-state index is 0.521. The minimum absolute atomic E-state index is 0.521. The molecule has 1 aromatic heterocycles. The Balaban J connectivity index is 1.75. The van der Waals surface area contributed by atoms with E-state index in [1.807, 2.05) is 13.1 Å². The molecule has 2 heterocycles. The number of hydrogen-bond acceptors (Lipinski definition) is 2. The maximum absolute atomic E-state index is 4.26. The summed E-state index contributed by atoms with van der Waals surface area (Å²) in [7, 11) is 0. The number of aryl methyl sites for hydroxylation is 1. The van der Waals surface area contributed by atoms with Crippen LogP contribution in [0.3, 0.4) is 0 Å². The fourth-order valence-corrected chi connectivity index (χ4v) is 3.03. The van der Waals surface area contributed by atoms with Gasteiger partial charge >= 0.3 is 0 Å². The third-order valence-corrected chi connectivity index (χ3v) is 4.35. The topological polar surface area (TPSA) is 31.9 Å². The first kappa shape index (κ1) is 13.4. The molecule has 1 saturated heterocycles. The van der Waals surface area contributed by atoms with Crippen molar-refractivity contribution in [3.8, 4) is 11.3 Å². The van der Waals surface area contributed by atoms with E-state index in [0.29, 0.717) is 6.04 Å². The second-order valence-electron chi connectivity index (χ2n) is 5.78. The summed E-state index contributed by atoms with van der Waals surface area (Å²) in [5.74, 6) is 0.964. The Kier molecular flexibility index (Phi) is 3.88. The van der Waals surface area contributed by atoms with Gasteiger partial charge in [-0.2, -0.15) is 0 Å². The lowest BCUT2D eigenvalue weighted by Gasteiger charge is -2.32. The number of likely N-dealkylation sites (tertiary alicyclic amines) is 1. The monoisotopic (exact) mass is 269 g/mol. The van der Waals surface area contributed by atoms with Crippen LogP contribution in [0.25, 0.3) is 11.3 Å². The first-order valence-electron chi connectivity index (χ1n) is 7.60. The highest BCUT2D eigenvalue weighted by atomic mass is 15.2. The fraction of sp³-hybridized carbons (Fsp3) is 0.471. The van der Waals surface area contributed by atoms with Gasteiger partial charge in [0.05, 0.1) is 11.9 Å². The zero-order valence-electron chi connectivity index (χ0n) is 12.4. The van der Waals surface area contributed by atoms with Crippen LogP contribution in [0.15, 0.2) is 30.5 Å². The van der Waals surface area contributed by atoms with E-state index in [-0.39, 0.29) is 0 Å². The number of aromatic nitrogens is 2. The molecule has 1 atom stereocenters. The normalized spacial score (nSPS) is 18.1. The van der Waals surface area contributed by atoms with E-state index in [1.54, 1.807) is 0 Å². The lowest BCUT2D eigenvalue weighted by molar-refractivity contribution is 0.175. The predicted octanol–water partition coefficient (Wildman–Crippen LogP) is 3.93. The van der Waals surface area contributed by atoms with Crippen LogP contribution in [0.1, 0.15) is 43.6 Å². The lowest BCUT2D eigenvalue weighted by atomic mass is 10.0. The summed E-state index contributed by atoms with van der Waals surface area (Å²) < 4.78 is 0. The molecular weight excluding hydrogens is 246 g/mol. The molecule has 0 radical (unpaired) electrons. The van der Waals surface area contributed by atoms with E-state index in [2.05, 4.69) is 46.1 Å². The van der Waals surface area contributed by atoms with Gasteiger partial charge in [-0.05, 0) is 50.9 Å². The van der Waals surface area contributed by atoms with Crippen LogP contribution >= 0.6 is 0 Å². The van der Waals surface area contributed by atoms with Crippen molar-refractivity contribution in [2.75, 3.05) is 13.1 Å². The van der Waals surface area contributed by atoms with Gasteiger partial charge in [-0.1, -0.05) is 30.7 Å². The van der Waals surface area contributed by atoms with Crippen LogP contribution < -0.4 is 0 Å². The summed E-state index contributed by atoms with van der Waals surface area (Å²) in [5.41, 5.74) is 3.71. The number of aromatic amines is 1. The molecule has 2 aromatic rings. The molecule has 1 fully saturated rings. The summed E-state index contributed by atoms with van der Waals surface area (Å²) in [4.78, 5) is 10.1. The number of nitrogens with one attached hydrogen (secondary N) is 1. The third kappa shape index (κ3) is 2.78. The summed E-state index contributed by atoms with van der Waals surface area (Å²) in [5, 5.41) is 0. The molecule has 3 nitrogen and oxygen atoms in total. The van der Waals surface area contributed by atoms with Crippen LogP contribution in [0.4, 0.5) is 0 Å². The van der Waals surface area contributed by atoms with Crippen molar-refractivity contribution in [2.45, 2.75) is 39.2 Å². The second-order valence-corrected chi connectivity index (χ2v) is 5.78. The van der Waals surface area contributed by atoms with Crippen molar-refractivity contribution in [1.82, 2.24) is 14.9 Å². The largest absolute Gasteiger partial charge is 0.342 e. The van der Waals surface area contributed by atoms with Crippen molar-refractivity contribution in [1.29, 1.82) is 0 Å². The second kappa shape index (κ2) is 5.80. The number of hydrogen-bond donors (Lipinski definition) is 1. The van der Waals surface area contributed by atoms with Crippen LogP contribution in [0.2, 0.25) is 0 Å². The molecule has 3 rings (SSSR count). The van der Waals surface area contributed by atoms with Gasteiger partial charge < -0.3 is 4.98 Å². The van der Waals surface area contributed by atoms with E-state index in [0.717, 1.165) is 11.5 Å². The standard InChI is InChI=1S/C17H23N3/c1-13(20-10-4-3-5-11-20)15-6-8-16(9-7-15)17-12-18-14(2)19-17/h6-9,12-13H,3-5,10-11H2,1-2H3,(H,18,19). The average Bonchev–Trinajstić information content (AvgIpc) is 2.94. The van der Waals surface area contributed by atoms with Gasteiger partial charge in [-0.25, -0.2) is 4.98 Å². The van der Waals surface area contributed by atoms with Crippen LogP contribution in [-0.4, -0.2) is 28.0 Å². The van der Waals surface area contributed by atoms with Crippen molar-refractivity contribution in [3.05, 3.63) is 41.9 Å². The molecule has 1 aliphatic heterocycles. The molecular formula is C17H23N3. The van der Waals surface area contributed by atoms with Gasteiger partial charge in [0.25, 0.3) is 0 Å². The lowest BCUT2D eigenvalue weighted by Crippen LogP contribution is -2.32. The Morgan fingerprint density at radius 1 is 1.10 bits per heavy atom. The Bertz CT molecular complexity index is 550. The molecule has 20 heavy (non-hydrogen) atoms. The molecule has 0 spiro atoms. The number of imidazole rings is 1. The highest BCUT2D eigenvalue weighted by Gasteiger charge is 2.17. The molecule has 0 amide bonds. The van der Waals surface area contributed by atoms with Crippen LogP contribution in [-0.2, 0) is 0 Å². The Morgan fingerprint density at radius 3 is 2.40 bits per heavy atom. The number of piperidine rings is 1. The molecule has 106 valence electrons. The fourth-order valence-electron chi connectivity index (χ4n) is 3.03. The van der Waals surface area contributed by atoms with E-state index in [1.165, 1.54) is 43.5 Å². The molecule has 0 aliphatic carbocycles. The van der Waals surface area contributed by atoms with E-state index in [4.69, 9.17) is 0 Å². The number of H-pyrrole nitrogens is 1. The molecule has 0 bridgehead atoms. The van der Waals surface area contributed by atoms with Gasteiger partial charge in [-0.15, -0.1) is 0 Å². The van der Waals surface area contributed by atoms with Gasteiger partial charge in [0, 0.05) is 6.04 Å². The number of rotatable bonds is 3. The predicted molar refractivity (Wildman–Crippen MR) is 82.6 cm³/mol. The zero-order valence-corrected chi connectivity index (χ0v) is 12.4. The Morgan fingerprint density at radius 2 is 1.80 bits per heavy atom. The van der Waals surface area contributed by atoms with Gasteiger partial charge in [0.1, 0.15) is 5.82 Å². The quantitative estimate of drug-likeness (QED) is 0.915. The molecule has 0 saturated carbocycles. The van der Waals surface area contributed by atoms with Crippen molar-refractivity contribution < 1.29 is 0 Å². The summed E-state index contributed by atoms with van der Waals surface area (Å²) in [6, 6.07) is 9.42. The maximum Gasteiger partial charge on any atom is 0.103 e. The summed E-state index contributed by atoms with van der Waals surface area (Å²) in [6.07, 6.45) is 5.98. The van der Waals surface area contributed by atoms with Crippen LogP contribution in [0, 0.1) is 6.92 Å². The first-order valence-corrected chi connectivity index (χ1v) is 7.60. The summed E-state index contributed by atoms with van der Waals surface area (Å²) in [6.45, 7) is 6.78. The Hall–Kier alpha value is -1.61. The molecule has 1 unspecified atom stereocenters. The van der Waals surface area contributed by atoms with Gasteiger partial charge in [0.15, 0.2) is 0 Å². The highest BCUT2D eigenvalue weighted by molar-refractivity contribution is 5.58. The van der Waals surface area contributed by atoms with E-state index >= 15 is 0 Å². The minimum Gasteiger partial charge on any atom is -0.342 e. The molecule has 1 aliphatic rings. The molecule has 1 aromatic carbocycles. The van der Waals surface area contributed by atoms with E-state index < -0.39 is 0 Å². The zero-order chi connectivity index (χ0) is 13.9. The highest BCUT2D eigenvalue weighted by Crippen LogP contribution is 2.26. The van der Waals surface area contributed by atoms with Crippen molar-refractivity contribution >= 4 is 0 Å². The van der Waals surface area contributed by atoms with Gasteiger partial charge in [-0.3, -0.25) is 4.90 Å². The van der Waals surface area contributed by atoms with Crippen molar-refractivity contribution in [3.63, 3.8) is 0 Å².